The fraction of sp³-hybridized carbons (Fsp3) is 0.400. The SMILES string of the molecule is Cc1cccc(NC(=O)C23CCC(C)(c4nc5cc6c(cc5nc42)OCO6)C3(C)C)c1. The van der Waals surface area contributed by atoms with Gasteiger partial charge in [-0.2, -0.15) is 0 Å². The molecule has 6 heteroatoms. The number of aryl methyl sites for hydroxylation is 1. The Hall–Kier alpha value is -3.15. The molecule has 0 saturated heterocycles. The van der Waals surface area contributed by atoms with Crippen LogP contribution in [0.1, 0.15) is 50.6 Å². The highest BCUT2D eigenvalue weighted by atomic mass is 16.7. The molecule has 6 nitrogen and oxygen atoms in total. The second-order valence-corrected chi connectivity index (χ2v) is 9.80. The van der Waals surface area contributed by atoms with Crippen LogP contribution in [-0.2, 0) is 15.6 Å². The number of hydrogen-bond acceptors (Lipinski definition) is 5. The highest BCUT2D eigenvalue weighted by molar-refractivity contribution is 6.02. The second-order valence-electron chi connectivity index (χ2n) is 9.80. The number of ether oxygens (including phenoxy) is 2. The molecule has 1 fully saturated rings. The number of aromatic nitrogens is 2. The van der Waals surface area contributed by atoms with E-state index in [-0.39, 0.29) is 23.5 Å². The first-order valence-corrected chi connectivity index (χ1v) is 10.8. The summed E-state index contributed by atoms with van der Waals surface area (Å²) < 4.78 is 11.1. The van der Waals surface area contributed by atoms with Crippen LogP contribution in [0.2, 0.25) is 0 Å². The van der Waals surface area contributed by atoms with Gasteiger partial charge in [0.2, 0.25) is 12.7 Å². The first kappa shape index (κ1) is 18.6. The highest BCUT2D eigenvalue weighted by Crippen LogP contribution is 2.70. The molecule has 2 unspecified atom stereocenters. The Morgan fingerprint density at radius 1 is 0.968 bits per heavy atom. The van der Waals surface area contributed by atoms with Crippen LogP contribution < -0.4 is 14.8 Å². The predicted octanol–water partition coefficient (Wildman–Crippen LogP) is 4.63. The van der Waals surface area contributed by atoms with Crippen molar-refractivity contribution in [2.24, 2.45) is 5.41 Å². The van der Waals surface area contributed by atoms with E-state index in [9.17, 15) is 4.79 Å². The summed E-state index contributed by atoms with van der Waals surface area (Å²) in [5, 5.41) is 3.20. The molecule has 1 aromatic heterocycles. The van der Waals surface area contributed by atoms with Crippen LogP contribution in [0.15, 0.2) is 36.4 Å². The molecule has 2 aromatic carbocycles. The minimum absolute atomic E-state index is 0.0000293. The summed E-state index contributed by atoms with van der Waals surface area (Å²) in [6.07, 6.45) is 1.66. The van der Waals surface area contributed by atoms with Gasteiger partial charge in [0.25, 0.3) is 0 Å². The van der Waals surface area contributed by atoms with Gasteiger partial charge in [-0.15, -0.1) is 0 Å². The van der Waals surface area contributed by atoms with Gasteiger partial charge in [-0.3, -0.25) is 4.79 Å². The molecular weight excluding hydrogens is 390 g/mol. The Labute approximate surface area is 181 Å². The third-order valence-corrected chi connectivity index (χ3v) is 8.20. The lowest BCUT2D eigenvalue weighted by molar-refractivity contribution is -0.125. The summed E-state index contributed by atoms with van der Waals surface area (Å²) in [7, 11) is 0. The van der Waals surface area contributed by atoms with Crippen molar-refractivity contribution >= 4 is 22.6 Å². The van der Waals surface area contributed by atoms with Crippen LogP contribution in [-0.4, -0.2) is 22.7 Å². The Morgan fingerprint density at radius 3 is 2.32 bits per heavy atom. The van der Waals surface area contributed by atoms with Crippen molar-refractivity contribution in [1.29, 1.82) is 0 Å². The van der Waals surface area contributed by atoms with Crippen molar-refractivity contribution in [3.8, 4) is 11.5 Å². The maximum atomic E-state index is 13.9. The van der Waals surface area contributed by atoms with E-state index in [0.29, 0.717) is 11.5 Å². The zero-order valence-electron chi connectivity index (χ0n) is 18.2. The zero-order valence-corrected chi connectivity index (χ0v) is 18.2. The minimum Gasteiger partial charge on any atom is -0.454 e. The van der Waals surface area contributed by atoms with Crippen molar-refractivity contribution < 1.29 is 14.3 Å². The monoisotopic (exact) mass is 415 g/mol. The number of benzene rings is 2. The zero-order chi connectivity index (χ0) is 21.6. The molecule has 158 valence electrons. The van der Waals surface area contributed by atoms with Crippen LogP contribution in [0.5, 0.6) is 11.5 Å². The van der Waals surface area contributed by atoms with Crippen LogP contribution >= 0.6 is 0 Å². The summed E-state index contributed by atoms with van der Waals surface area (Å²) in [6.45, 7) is 8.84. The van der Waals surface area contributed by atoms with Crippen molar-refractivity contribution in [1.82, 2.24) is 9.97 Å². The molecule has 3 aliphatic rings. The normalized spacial score (nSPS) is 26.8. The smallest absolute Gasteiger partial charge is 0.237 e. The third-order valence-electron chi connectivity index (χ3n) is 8.20. The largest absolute Gasteiger partial charge is 0.454 e. The summed E-state index contributed by atoms with van der Waals surface area (Å²) >= 11 is 0. The number of amides is 1. The number of fused-ring (bicyclic) bond motifs is 7. The Morgan fingerprint density at radius 2 is 1.65 bits per heavy atom. The van der Waals surface area contributed by atoms with Crippen LogP contribution in [0.25, 0.3) is 11.0 Å². The van der Waals surface area contributed by atoms with E-state index in [1.807, 2.05) is 43.3 Å². The molecule has 1 amide bonds. The van der Waals surface area contributed by atoms with Gasteiger partial charge < -0.3 is 14.8 Å². The second kappa shape index (κ2) is 5.75. The number of anilines is 1. The molecule has 0 radical (unpaired) electrons. The molecule has 1 saturated carbocycles. The first-order chi connectivity index (χ1) is 14.8. The fourth-order valence-corrected chi connectivity index (χ4v) is 5.96. The molecule has 2 atom stereocenters. The molecule has 2 bridgehead atoms. The molecular formula is C25H25N3O3. The van der Waals surface area contributed by atoms with Gasteiger partial charge in [0, 0.05) is 23.2 Å². The quantitative estimate of drug-likeness (QED) is 0.660. The van der Waals surface area contributed by atoms with E-state index >= 15 is 0 Å². The maximum Gasteiger partial charge on any atom is 0.237 e. The molecule has 1 N–H and O–H groups in total. The number of carbonyl (C=O) groups is 1. The Kier molecular flexibility index (Phi) is 3.45. The van der Waals surface area contributed by atoms with Gasteiger partial charge in [-0.25, -0.2) is 9.97 Å². The lowest BCUT2D eigenvalue weighted by atomic mass is 9.63. The van der Waals surface area contributed by atoms with Crippen molar-refractivity contribution in [2.75, 3.05) is 12.1 Å². The van der Waals surface area contributed by atoms with Crippen LogP contribution in [0.4, 0.5) is 5.69 Å². The lowest BCUT2D eigenvalue weighted by Gasteiger charge is -2.39. The molecule has 0 spiro atoms. The van der Waals surface area contributed by atoms with Crippen molar-refractivity contribution in [3.63, 3.8) is 0 Å². The fourth-order valence-electron chi connectivity index (χ4n) is 5.96. The van der Waals surface area contributed by atoms with E-state index in [1.54, 1.807) is 0 Å². The summed E-state index contributed by atoms with van der Waals surface area (Å²) in [4.78, 5) is 24.0. The summed E-state index contributed by atoms with van der Waals surface area (Å²) in [5.74, 6) is 1.37. The van der Waals surface area contributed by atoms with E-state index in [1.165, 1.54) is 0 Å². The summed E-state index contributed by atoms with van der Waals surface area (Å²) in [6, 6.07) is 11.7. The standard InChI is InChI=1S/C25H25N3O3/c1-14-6-5-7-15(10-14)26-22(29)25-9-8-24(4,23(25,2)3)20-21(25)28-17-12-19-18(30-13-31-19)11-16(17)27-20/h5-7,10-12H,8-9,13H2,1-4H3,(H,26,29). The topological polar surface area (TPSA) is 73.3 Å². The molecule has 3 aromatic rings. The third kappa shape index (κ3) is 2.15. The van der Waals surface area contributed by atoms with E-state index in [2.05, 4.69) is 26.1 Å². The number of carbonyl (C=O) groups excluding carboxylic acids is 1. The molecule has 6 rings (SSSR count). The highest BCUT2D eigenvalue weighted by Gasteiger charge is 2.73. The van der Waals surface area contributed by atoms with Gasteiger partial charge in [0.15, 0.2) is 11.5 Å². The van der Waals surface area contributed by atoms with E-state index in [0.717, 1.165) is 46.5 Å². The summed E-state index contributed by atoms with van der Waals surface area (Å²) in [5.41, 5.74) is 3.89. The van der Waals surface area contributed by atoms with Crippen LogP contribution in [0.3, 0.4) is 0 Å². The molecule has 2 heterocycles. The minimum atomic E-state index is -0.738. The van der Waals surface area contributed by atoms with Gasteiger partial charge >= 0.3 is 0 Å². The number of rotatable bonds is 2. The number of nitrogens with zero attached hydrogens (tertiary/aromatic N) is 2. The molecule has 1 aliphatic heterocycles. The molecule has 2 aliphatic carbocycles. The average Bonchev–Trinajstić information content (AvgIpc) is 3.30. The van der Waals surface area contributed by atoms with Crippen molar-refractivity contribution in [2.45, 2.75) is 51.4 Å². The maximum absolute atomic E-state index is 13.9. The Bertz CT molecular complexity index is 1280. The van der Waals surface area contributed by atoms with Gasteiger partial charge in [0.1, 0.15) is 0 Å². The van der Waals surface area contributed by atoms with Gasteiger partial charge in [-0.05, 0) is 42.9 Å². The van der Waals surface area contributed by atoms with Crippen LogP contribution in [0, 0.1) is 12.3 Å². The van der Waals surface area contributed by atoms with E-state index in [4.69, 9.17) is 19.4 Å². The molecule has 31 heavy (non-hydrogen) atoms. The van der Waals surface area contributed by atoms with Gasteiger partial charge in [0.05, 0.1) is 27.8 Å². The average molecular weight is 415 g/mol. The predicted molar refractivity (Wildman–Crippen MR) is 118 cm³/mol. The number of nitrogens with one attached hydrogen (secondary N) is 1. The van der Waals surface area contributed by atoms with Gasteiger partial charge in [-0.1, -0.05) is 32.9 Å². The Balaban J connectivity index is 1.54. The lowest BCUT2D eigenvalue weighted by Crippen LogP contribution is -2.48. The first-order valence-electron chi connectivity index (χ1n) is 10.8. The number of hydrogen-bond donors (Lipinski definition) is 1. The van der Waals surface area contributed by atoms with Crippen molar-refractivity contribution in [3.05, 3.63) is 53.3 Å². The van der Waals surface area contributed by atoms with E-state index < -0.39 is 5.41 Å².